The Labute approximate surface area is 117 Å². The van der Waals surface area contributed by atoms with Crippen molar-refractivity contribution in [3.63, 3.8) is 0 Å². The van der Waals surface area contributed by atoms with Gasteiger partial charge in [0.2, 0.25) is 0 Å². The third-order valence-corrected chi connectivity index (χ3v) is 2.50. The van der Waals surface area contributed by atoms with Crippen molar-refractivity contribution in [2.75, 3.05) is 14.2 Å². The van der Waals surface area contributed by atoms with Crippen molar-refractivity contribution in [3.8, 4) is 35.2 Å². The second-order valence-corrected chi connectivity index (χ2v) is 3.76. The van der Waals surface area contributed by atoms with Gasteiger partial charge in [0, 0.05) is 0 Å². The standard InChI is InChI=1S/C16H14O4/c1-17-13-3-7-15(8-4-13)19-11-12-20-16-9-5-14(18-2)6-10-16/h3-10H,1-2H3. The molecule has 0 unspecified atom stereocenters. The largest absolute Gasteiger partial charge is 0.497 e. The number of benzene rings is 2. The lowest BCUT2D eigenvalue weighted by atomic mass is 10.3. The molecule has 0 saturated heterocycles. The molecule has 20 heavy (non-hydrogen) atoms. The van der Waals surface area contributed by atoms with E-state index < -0.39 is 0 Å². The van der Waals surface area contributed by atoms with E-state index >= 15 is 0 Å². The lowest BCUT2D eigenvalue weighted by Crippen LogP contribution is -1.88. The van der Waals surface area contributed by atoms with E-state index in [4.69, 9.17) is 18.9 Å². The zero-order valence-corrected chi connectivity index (χ0v) is 11.3. The molecule has 0 N–H and O–H groups in total. The van der Waals surface area contributed by atoms with Crippen LogP contribution in [0.1, 0.15) is 0 Å². The fourth-order valence-electron chi connectivity index (χ4n) is 1.45. The number of rotatable bonds is 4. The molecule has 2 aromatic rings. The summed E-state index contributed by atoms with van der Waals surface area (Å²) in [6.45, 7) is 0. The van der Waals surface area contributed by atoms with Crippen LogP contribution < -0.4 is 18.9 Å². The molecule has 0 aliphatic heterocycles. The summed E-state index contributed by atoms with van der Waals surface area (Å²) in [5.74, 6) is 2.77. The summed E-state index contributed by atoms with van der Waals surface area (Å²) in [5, 5.41) is 0. The topological polar surface area (TPSA) is 36.9 Å². The highest BCUT2D eigenvalue weighted by Gasteiger charge is 1.94. The van der Waals surface area contributed by atoms with E-state index in [1.54, 1.807) is 62.8 Å². The lowest BCUT2D eigenvalue weighted by Gasteiger charge is -2.01. The molecule has 2 aromatic carbocycles. The maximum Gasteiger partial charge on any atom is 0.161 e. The molecule has 0 saturated carbocycles. The first-order chi connectivity index (χ1) is 9.81. The van der Waals surface area contributed by atoms with E-state index in [1.165, 1.54) is 0 Å². The second kappa shape index (κ2) is 6.95. The van der Waals surface area contributed by atoms with Crippen molar-refractivity contribution in [1.82, 2.24) is 0 Å². The van der Waals surface area contributed by atoms with Gasteiger partial charge in [0.1, 0.15) is 23.0 Å². The van der Waals surface area contributed by atoms with Crippen LogP contribution >= 0.6 is 0 Å². The summed E-state index contributed by atoms with van der Waals surface area (Å²) >= 11 is 0. The van der Waals surface area contributed by atoms with E-state index in [2.05, 4.69) is 12.2 Å². The molecule has 0 aliphatic rings. The summed E-state index contributed by atoms with van der Waals surface area (Å²) in [5.41, 5.74) is 0. The van der Waals surface area contributed by atoms with Gasteiger partial charge >= 0.3 is 0 Å². The minimum absolute atomic E-state index is 0.622. The van der Waals surface area contributed by atoms with Crippen molar-refractivity contribution < 1.29 is 18.9 Å². The van der Waals surface area contributed by atoms with Crippen LogP contribution in [0.4, 0.5) is 0 Å². The molecule has 0 aromatic heterocycles. The van der Waals surface area contributed by atoms with Crippen LogP contribution in [0.25, 0.3) is 0 Å². The predicted molar refractivity (Wildman–Crippen MR) is 75.0 cm³/mol. The maximum absolute atomic E-state index is 5.21. The van der Waals surface area contributed by atoms with Crippen LogP contribution in [-0.2, 0) is 0 Å². The van der Waals surface area contributed by atoms with Gasteiger partial charge in [0.05, 0.1) is 14.2 Å². The van der Waals surface area contributed by atoms with Gasteiger partial charge in [-0.2, -0.15) is 0 Å². The molecular weight excluding hydrogens is 256 g/mol. The minimum Gasteiger partial charge on any atom is -0.497 e. The molecule has 4 nitrogen and oxygen atoms in total. The van der Waals surface area contributed by atoms with Crippen LogP contribution in [0, 0.1) is 12.2 Å². The summed E-state index contributed by atoms with van der Waals surface area (Å²) in [7, 11) is 3.22. The van der Waals surface area contributed by atoms with E-state index in [1.807, 2.05) is 0 Å². The van der Waals surface area contributed by atoms with Crippen LogP contribution in [0.5, 0.6) is 23.0 Å². The van der Waals surface area contributed by atoms with Crippen molar-refractivity contribution in [2.24, 2.45) is 0 Å². The summed E-state index contributed by atoms with van der Waals surface area (Å²) in [6, 6.07) is 14.2. The van der Waals surface area contributed by atoms with Gasteiger partial charge in [-0.15, -0.1) is 0 Å². The van der Waals surface area contributed by atoms with Crippen LogP contribution in [0.3, 0.4) is 0 Å². The monoisotopic (exact) mass is 270 g/mol. The van der Waals surface area contributed by atoms with Gasteiger partial charge in [-0.05, 0) is 48.5 Å². The Bertz CT molecular complexity index is 538. The van der Waals surface area contributed by atoms with Crippen molar-refractivity contribution in [1.29, 1.82) is 0 Å². The highest BCUT2D eigenvalue weighted by Crippen LogP contribution is 2.17. The smallest absolute Gasteiger partial charge is 0.161 e. The Kier molecular flexibility index (Phi) is 4.74. The Morgan fingerprint density at radius 3 is 1.15 bits per heavy atom. The second-order valence-electron chi connectivity index (χ2n) is 3.76. The summed E-state index contributed by atoms with van der Waals surface area (Å²) < 4.78 is 20.5. The predicted octanol–water partition coefficient (Wildman–Crippen LogP) is 3.08. The van der Waals surface area contributed by atoms with E-state index in [9.17, 15) is 0 Å². The maximum atomic E-state index is 5.21. The first-order valence-electron chi connectivity index (χ1n) is 5.93. The third kappa shape index (κ3) is 3.85. The molecule has 4 heteroatoms. The van der Waals surface area contributed by atoms with Crippen LogP contribution in [0.15, 0.2) is 48.5 Å². The highest BCUT2D eigenvalue weighted by atomic mass is 16.5. The molecule has 0 radical (unpaired) electrons. The highest BCUT2D eigenvalue weighted by molar-refractivity contribution is 5.33. The Morgan fingerprint density at radius 1 is 0.550 bits per heavy atom. The molecule has 0 atom stereocenters. The number of hydrogen-bond donors (Lipinski definition) is 0. The third-order valence-electron chi connectivity index (χ3n) is 2.50. The van der Waals surface area contributed by atoms with Crippen LogP contribution in [0.2, 0.25) is 0 Å². The number of ether oxygens (including phenoxy) is 4. The van der Waals surface area contributed by atoms with E-state index in [0.29, 0.717) is 11.5 Å². The molecule has 102 valence electrons. The number of methoxy groups -OCH3 is 2. The first kappa shape index (κ1) is 13.6. The van der Waals surface area contributed by atoms with Gasteiger partial charge < -0.3 is 18.9 Å². The molecule has 0 bridgehead atoms. The van der Waals surface area contributed by atoms with Crippen molar-refractivity contribution in [3.05, 3.63) is 48.5 Å². The normalized spacial score (nSPS) is 9.10. The van der Waals surface area contributed by atoms with Gasteiger partial charge in [-0.25, -0.2) is 0 Å². The minimum atomic E-state index is 0.622. The SMILES string of the molecule is COc1ccc(OC#COc2ccc(OC)cc2)cc1. The fraction of sp³-hybridized carbons (Fsp3) is 0.125. The first-order valence-corrected chi connectivity index (χ1v) is 5.93. The average Bonchev–Trinajstić information content (AvgIpc) is 2.53. The quantitative estimate of drug-likeness (QED) is 0.800. The molecule has 0 spiro atoms. The molecule has 0 aliphatic carbocycles. The van der Waals surface area contributed by atoms with Gasteiger partial charge in [0.15, 0.2) is 12.2 Å². The van der Waals surface area contributed by atoms with Gasteiger partial charge in [-0.1, -0.05) is 0 Å². The summed E-state index contributed by atoms with van der Waals surface area (Å²) in [4.78, 5) is 0. The van der Waals surface area contributed by atoms with Crippen molar-refractivity contribution in [2.45, 2.75) is 0 Å². The van der Waals surface area contributed by atoms with Crippen LogP contribution in [-0.4, -0.2) is 14.2 Å². The Morgan fingerprint density at radius 2 is 0.850 bits per heavy atom. The van der Waals surface area contributed by atoms with Crippen molar-refractivity contribution >= 4 is 0 Å². The van der Waals surface area contributed by atoms with E-state index in [0.717, 1.165) is 11.5 Å². The number of hydrogen-bond acceptors (Lipinski definition) is 4. The van der Waals surface area contributed by atoms with E-state index in [-0.39, 0.29) is 0 Å². The Hall–Kier alpha value is -2.80. The van der Waals surface area contributed by atoms with Gasteiger partial charge in [-0.3, -0.25) is 0 Å². The lowest BCUT2D eigenvalue weighted by molar-refractivity contribution is 0.412. The Balaban J connectivity index is 1.87. The zero-order chi connectivity index (χ0) is 14.2. The zero-order valence-electron chi connectivity index (χ0n) is 11.3. The molecule has 0 amide bonds. The summed E-state index contributed by atoms with van der Waals surface area (Å²) in [6.07, 6.45) is 4.94. The fourth-order valence-corrected chi connectivity index (χ4v) is 1.45. The molecule has 0 fully saturated rings. The average molecular weight is 270 g/mol. The molecule has 0 heterocycles. The van der Waals surface area contributed by atoms with Gasteiger partial charge in [0.25, 0.3) is 0 Å². The molecule has 2 rings (SSSR count). The molecular formula is C16H14O4.